The minimum absolute atomic E-state index is 0.00110. The molecule has 2 heterocycles. The number of halogens is 3. The van der Waals surface area contributed by atoms with E-state index in [2.05, 4.69) is 23.0 Å². The molecule has 0 amide bonds. The van der Waals surface area contributed by atoms with Crippen LogP contribution in [0.1, 0.15) is 63.5 Å². The van der Waals surface area contributed by atoms with Gasteiger partial charge in [-0.15, -0.1) is 0 Å². The summed E-state index contributed by atoms with van der Waals surface area (Å²) in [5.74, 6) is -0.326. The summed E-state index contributed by atoms with van der Waals surface area (Å²) >= 11 is 0. The smallest absolute Gasteiger partial charge is 0.131 e. The lowest BCUT2D eigenvalue weighted by Crippen LogP contribution is -2.41. The number of alkyl halides is 1. The lowest BCUT2D eigenvalue weighted by atomic mass is 9.89. The molecular weight excluding hydrogens is 483 g/mol. The Morgan fingerprint density at radius 2 is 1.61 bits per heavy atom. The standard InChI is InChI=1S/C32H42F3N3/c1-22(36)31-7-5-6-16-38(31)23(2)26-11-13-28(30(34)20-26)27-12-10-25(19-29(27)33)9-8-24-14-17-37(18-15-24)21-32(3,4)35/h10-13,19-20,24,31H,1-2,5-9,14-18,21,36H2,3-4H3. The van der Waals surface area contributed by atoms with Gasteiger partial charge in [-0.1, -0.05) is 37.4 Å². The Morgan fingerprint density at radius 3 is 2.21 bits per heavy atom. The molecule has 4 rings (SSSR count). The number of nitrogens with two attached hydrogens (primary N) is 1. The quantitative estimate of drug-likeness (QED) is 0.372. The Balaban J connectivity index is 1.38. The second kappa shape index (κ2) is 12.0. The van der Waals surface area contributed by atoms with Gasteiger partial charge in [0.25, 0.3) is 0 Å². The number of benzene rings is 2. The second-order valence-corrected chi connectivity index (χ2v) is 11.7. The molecule has 0 aromatic heterocycles. The lowest BCUT2D eigenvalue weighted by Gasteiger charge is -2.39. The number of nitrogens with zero attached hydrogens (tertiary/aromatic N) is 2. The van der Waals surface area contributed by atoms with Crippen molar-refractivity contribution in [3.63, 3.8) is 0 Å². The van der Waals surface area contributed by atoms with Gasteiger partial charge in [0.2, 0.25) is 0 Å². The molecule has 2 N–H and O–H groups in total. The summed E-state index contributed by atoms with van der Waals surface area (Å²) in [5.41, 5.74) is 8.23. The maximum absolute atomic E-state index is 15.2. The van der Waals surface area contributed by atoms with Gasteiger partial charge in [0.05, 0.1) is 6.04 Å². The first-order valence-electron chi connectivity index (χ1n) is 13.9. The minimum atomic E-state index is -1.17. The zero-order valence-corrected chi connectivity index (χ0v) is 22.9. The van der Waals surface area contributed by atoms with Crippen molar-refractivity contribution in [1.82, 2.24) is 9.80 Å². The Hall–Kier alpha value is -2.73. The van der Waals surface area contributed by atoms with E-state index in [0.29, 0.717) is 29.4 Å². The van der Waals surface area contributed by atoms with Gasteiger partial charge in [-0.05, 0) is 95.5 Å². The molecule has 206 valence electrons. The molecule has 0 aliphatic carbocycles. The van der Waals surface area contributed by atoms with Gasteiger partial charge in [0, 0.05) is 41.2 Å². The average Bonchev–Trinajstić information content (AvgIpc) is 2.87. The van der Waals surface area contributed by atoms with Crippen molar-refractivity contribution in [3.05, 3.63) is 78.0 Å². The summed E-state index contributed by atoms with van der Waals surface area (Å²) in [7, 11) is 0. The van der Waals surface area contributed by atoms with E-state index in [-0.39, 0.29) is 17.2 Å². The Bertz CT molecular complexity index is 1150. The van der Waals surface area contributed by atoms with Crippen LogP contribution in [0.2, 0.25) is 0 Å². The number of rotatable bonds is 9. The molecule has 6 heteroatoms. The van der Waals surface area contributed by atoms with Crippen molar-refractivity contribution in [2.75, 3.05) is 26.2 Å². The highest BCUT2D eigenvalue weighted by Gasteiger charge is 2.27. The van der Waals surface area contributed by atoms with Gasteiger partial charge in [-0.3, -0.25) is 0 Å². The van der Waals surface area contributed by atoms with E-state index in [1.165, 1.54) is 12.1 Å². The summed E-state index contributed by atoms with van der Waals surface area (Å²) in [4.78, 5) is 4.29. The van der Waals surface area contributed by atoms with Crippen molar-refractivity contribution in [2.24, 2.45) is 11.7 Å². The fraction of sp³-hybridized carbons (Fsp3) is 0.500. The van der Waals surface area contributed by atoms with Gasteiger partial charge < -0.3 is 15.5 Å². The maximum Gasteiger partial charge on any atom is 0.131 e. The number of likely N-dealkylation sites (tertiary alicyclic amines) is 2. The Kier molecular flexibility index (Phi) is 8.92. The topological polar surface area (TPSA) is 32.5 Å². The number of piperidine rings is 2. The molecule has 0 spiro atoms. The number of hydrogen-bond donors (Lipinski definition) is 1. The molecule has 1 atom stereocenters. The molecule has 38 heavy (non-hydrogen) atoms. The summed E-state index contributed by atoms with van der Waals surface area (Å²) in [6, 6.07) is 9.99. The summed E-state index contributed by atoms with van der Waals surface area (Å²) in [6.45, 7) is 14.5. The van der Waals surface area contributed by atoms with Crippen molar-refractivity contribution in [3.8, 4) is 11.1 Å². The van der Waals surface area contributed by atoms with Crippen LogP contribution in [0, 0.1) is 17.6 Å². The summed E-state index contributed by atoms with van der Waals surface area (Å²) < 4.78 is 44.3. The summed E-state index contributed by atoms with van der Waals surface area (Å²) in [6.07, 6.45) is 6.84. The third-order valence-corrected chi connectivity index (χ3v) is 8.05. The molecule has 0 saturated carbocycles. The van der Waals surface area contributed by atoms with Gasteiger partial charge in [0.1, 0.15) is 17.3 Å². The first kappa shape index (κ1) is 28.3. The van der Waals surface area contributed by atoms with E-state index in [9.17, 15) is 4.39 Å². The lowest BCUT2D eigenvalue weighted by molar-refractivity contribution is 0.0943. The summed E-state index contributed by atoms with van der Waals surface area (Å²) in [5, 5.41) is 0. The maximum atomic E-state index is 15.2. The normalized spacial score (nSPS) is 19.5. The molecule has 2 aliphatic rings. The third-order valence-electron chi connectivity index (χ3n) is 8.05. The van der Waals surface area contributed by atoms with Gasteiger partial charge in [-0.2, -0.15) is 0 Å². The van der Waals surface area contributed by atoms with Crippen LogP contribution < -0.4 is 5.73 Å². The molecule has 2 aromatic rings. The highest BCUT2D eigenvalue weighted by atomic mass is 19.1. The predicted molar refractivity (Wildman–Crippen MR) is 151 cm³/mol. The average molecular weight is 526 g/mol. The Labute approximate surface area is 226 Å². The van der Waals surface area contributed by atoms with Crippen LogP contribution in [0.5, 0.6) is 0 Å². The van der Waals surface area contributed by atoms with E-state index < -0.39 is 17.3 Å². The van der Waals surface area contributed by atoms with E-state index in [1.807, 2.05) is 6.07 Å². The first-order valence-corrected chi connectivity index (χ1v) is 13.9. The van der Waals surface area contributed by atoms with Crippen molar-refractivity contribution >= 4 is 5.70 Å². The molecule has 2 aliphatic heterocycles. The zero-order valence-electron chi connectivity index (χ0n) is 22.9. The SMILES string of the molecule is C=C(N)C1CCCCN1C(=C)c1ccc(-c2ccc(CCC3CCN(CC(C)(C)F)CC3)cc2F)c(F)c1. The van der Waals surface area contributed by atoms with Gasteiger partial charge in [-0.25, -0.2) is 13.2 Å². The van der Waals surface area contributed by atoms with Crippen LogP contribution in [0.15, 0.2) is 55.3 Å². The van der Waals surface area contributed by atoms with E-state index in [0.717, 1.165) is 70.1 Å². The molecule has 1 unspecified atom stereocenters. The van der Waals surface area contributed by atoms with Crippen LogP contribution >= 0.6 is 0 Å². The van der Waals surface area contributed by atoms with Crippen molar-refractivity contribution in [2.45, 2.75) is 70.5 Å². The molecule has 2 aromatic carbocycles. The van der Waals surface area contributed by atoms with E-state index in [4.69, 9.17) is 5.73 Å². The van der Waals surface area contributed by atoms with Crippen molar-refractivity contribution in [1.29, 1.82) is 0 Å². The van der Waals surface area contributed by atoms with Crippen LogP contribution in [0.4, 0.5) is 13.2 Å². The molecule has 0 bridgehead atoms. The highest BCUT2D eigenvalue weighted by molar-refractivity contribution is 5.70. The van der Waals surface area contributed by atoms with Crippen LogP contribution in [-0.4, -0.2) is 47.7 Å². The van der Waals surface area contributed by atoms with E-state index in [1.54, 1.807) is 32.0 Å². The largest absolute Gasteiger partial charge is 0.401 e. The molecule has 2 fully saturated rings. The van der Waals surface area contributed by atoms with Crippen LogP contribution in [0.3, 0.4) is 0 Å². The predicted octanol–water partition coefficient (Wildman–Crippen LogP) is 7.32. The van der Waals surface area contributed by atoms with Crippen molar-refractivity contribution < 1.29 is 13.2 Å². The van der Waals surface area contributed by atoms with Gasteiger partial charge in [0.15, 0.2) is 0 Å². The number of aryl methyl sites for hydroxylation is 1. The fourth-order valence-electron chi connectivity index (χ4n) is 5.99. The van der Waals surface area contributed by atoms with Crippen LogP contribution in [-0.2, 0) is 6.42 Å². The van der Waals surface area contributed by atoms with E-state index >= 15 is 8.78 Å². The monoisotopic (exact) mass is 525 g/mol. The molecule has 3 nitrogen and oxygen atoms in total. The third kappa shape index (κ3) is 7.02. The first-order chi connectivity index (χ1) is 18.0. The Morgan fingerprint density at radius 1 is 0.947 bits per heavy atom. The van der Waals surface area contributed by atoms with Gasteiger partial charge >= 0.3 is 0 Å². The fourth-order valence-corrected chi connectivity index (χ4v) is 5.99. The second-order valence-electron chi connectivity index (χ2n) is 11.7. The molecule has 0 radical (unpaired) electrons. The number of hydrogen-bond acceptors (Lipinski definition) is 3. The minimum Gasteiger partial charge on any atom is -0.401 e. The molecule has 2 saturated heterocycles. The van der Waals surface area contributed by atoms with Crippen LogP contribution in [0.25, 0.3) is 16.8 Å². The molecular formula is C32H42F3N3. The zero-order chi connectivity index (χ0) is 27.4. The highest BCUT2D eigenvalue weighted by Crippen LogP contribution is 2.33.